The fourth-order valence-corrected chi connectivity index (χ4v) is 2.30. The van der Waals surface area contributed by atoms with Crippen molar-refractivity contribution in [3.05, 3.63) is 40.1 Å². The predicted octanol–water partition coefficient (Wildman–Crippen LogP) is 1.84. The van der Waals surface area contributed by atoms with Crippen LogP contribution in [0.4, 0.5) is 0 Å². The number of hydrogen-bond acceptors (Lipinski definition) is 3. The number of aryl methyl sites for hydroxylation is 1. The van der Waals surface area contributed by atoms with E-state index in [9.17, 15) is 4.79 Å². The molecule has 0 amide bonds. The molecule has 6 nitrogen and oxygen atoms in total. The fraction of sp³-hybridized carbons (Fsp3) is 0.308. The third-order valence-corrected chi connectivity index (χ3v) is 3.30. The Morgan fingerprint density at radius 2 is 2.16 bits per heavy atom. The van der Waals surface area contributed by atoms with Crippen LogP contribution in [0.15, 0.2) is 23.3 Å². The summed E-state index contributed by atoms with van der Waals surface area (Å²) < 4.78 is 1.50. The van der Waals surface area contributed by atoms with Crippen LogP contribution in [-0.2, 0) is 0 Å². The van der Waals surface area contributed by atoms with Gasteiger partial charge in [-0.15, -0.1) is 0 Å². The van der Waals surface area contributed by atoms with Gasteiger partial charge in [-0.05, 0) is 18.9 Å². The highest BCUT2D eigenvalue weighted by Crippen LogP contribution is 2.20. The molecule has 0 saturated carbocycles. The largest absolute Gasteiger partial charge is 0.293 e. The number of aromatic amines is 2. The van der Waals surface area contributed by atoms with E-state index in [0.717, 1.165) is 11.3 Å². The zero-order chi connectivity index (χ0) is 13.6. The van der Waals surface area contributed by atoms with Crippen molar-refractivity contribution in [2.75, 3.05) is 0 Å². The molecule has 0 bridgehead atoms. The molecule has 0 saturated heterocycles. The van der Waals surface area contributed by atoms with E-state index in [1.54, 1.807) is 18.5 Å². The maximum Gasteiger partial charge on any atom is 0.282 e. The van der Waals surface area contributed by atoms with Gasteiger partial charge in [0.05, 0.1) is 11.3 Å². The molecule has 0 aliphatic rings. The number of fused-ring (bicyclic) bond motifs is 1. The third-order valence-electron chi connectivity index (χ3n) is 3.30. The van der Waals surface area contributed by atoms with Crippen molar-refractivity contribution in [1.82, 2.24) is 24.8 Å². The van der Waals surface area contributed by atoms with E-state index in [0.29, 0.717) is 22.8 Å². The molecule has 3 aromatic heterocycles. The summed E-state index contributed by atoms with van der Waals surface area (Å²) in [6.07, 6.45) is 3.21. The lowest BCUT2D eigenvalue weighted by atomic mass is 10.1. The zero-order valence-electron chi connectivity index (χ0n) is 11.1. The molecule has 6 heteroatoms. The molecule has 19 heavy (non-hydrogen) atoms. The van der Waals surface area contributed by atoms with Crippen molar-refractivity contribution in [2.24, 2.45) is 0 Å². The lowest BCUT2D eigenvalue weighted by Crippen LogP contribution is -2.17. The number of H-pyrrole nitrogens is 2. The molecule has 98 valence electrons. The Hall–Kier alpha value is -2.37. The van der Waals surface area contributed by atoms with Crippen LogP contribution in [0.25, 0.3) is 16.9 Å². The van der Waals surface area contributed by atoms with E-state index in [1.165, 1.54) is 4.52 Å². The minimum Gasteiger partial charge on any atom is -0.293 e. The van der Waals surface area contributed by atoms with E-state index in [-0.39, 0.29) is 5.56 Å². The molecule has 0 fully saturated rings. The van der Waals surface area contributed by atoms with Crippen molar-refractivity contribution in [3.8, 4) is 11.3 Å². The maximum atomic E-state index is 12.5. The number of rotatable bonds is 2. The molecular weight excluding hydrogens is 242 g/mol. The van der Waals surface area contributed by atoms with Gasteiger partial charge in [0.25, 0.3) is 5.56 Å². The standard InChI is InChI=1S/C13H15N5O/c1-7(2)11-8(3)12-14-6-9(10-4-5-15-16-10)13(19)18(12)17-11/h4-7,17H,1-3H3,(H,15,16). The first kappa shape index (κ1) is 11.7. The SMILES string of the molecule is Cc1c(C(C)C)[nH]n2c(=O)c(-c3ccn[nH]3)cnc12. The summed E-state index contributed by atoms with van der Waals surface area (Å²) in [5.41, 5.74) is 3.78. The molecule has 0 radical (unpaired) electrons. The highest BCUT2D eigenvalue weighted by atomic mass is 16.1. The monoisotopic (exact) mass is 257 g/mol. The van der Waals surface area contributed by atoms with Gasteiger partial charge in [-0.2, -0.15) is 5.10 Å². The lowest BCUT2D eigenvalue weighted by molar-refractivity contribution is 0.773. The van der Waals surface area contributed by atoms with Crippen LogP contribution in [0.1, 0.15) is 31.0 Å². The van der Waals surface area contributed by atoms with Crippen LogP contribution in [0.3, 0.4) is 0 Å². The Labute approximate surface area is 109 Å². The van der Waals surface area contributed by atoms with Crippen LogP contribution in [0.5, 0.6) is 0 Å². The van der Waals surface area contributed by atoms with E-state index < -0.39 is 0 Å². The zero-order valence-corrected chi connectivity index (χ0v) is 11.1. The molecule has 2 N–H and O–H groups in total. The Kier molecular flexibility index (Phi) is 2.51. The first-order chi connectivity index (χ1) is 9.09. The highest BCUT2D eigenvalue weighted by molar-refractivity contribution is 5.60. The average Bonchev–Trinajstić information content (AvgIpc) is 2.99. The third kappa shape index (κ3) is 1.68. The molecule has 3 rings (SSSR count). The van der Waals surface area contributed by atoms with Crippen molar-refractivity contribution < 1.29 is 0 Å². The van der Waals surface area contributed by atoms with E-state index in [1.807, 2.05) is 6.92 Å². The highest BCUT2D eigenvalue weighted by Gasteiger charge is 2.15. The summed E-state index contributed by atoms with van der Waals surface area (Å²) in [5, 5.41) is 9.79. The van der Waals surface area contributed by atoms with Crippen LogP contribution in [0.2, 0.25) is 0 Å². The van der Waals surface area contributed by atoms with Gasteiger partial charge in [0.15, 0.2) is 5.65 Å². The lowest BCUT2D eigenvalue weighted by Gasteiger charge is -2.00. The molecule has 3 heterocycles. The van der Waals surface area contributed by atoms with Crippen LogP contribution < -0.4 is 5.56 Å². The van der Waals surface area contributed by atoms with E-state index in [4.69, 9.17) is 0 Å². The van der Waals surface area contributed by atoms with Gasteiger partial charge in [0, 0.05) is 23.7 Å². The molecule has 3 aromatic rings. The second-order valence-corrected chi connectivity index (χ2v) is 4.91. The number of hydrogen-bond donors (Lipinski definition) is 2. The Morgan fingerprint density at radius 1 is 1.37 bits per heavy atom. The van der Waals surface area contributed by atoms with Gasteiger partial charge in [0.2, 0.25) is 0 Å². The van der Waals surface area contributed by atoms with Crippen molar-refractivity contribution in [2.45, 2.75) is 26.7 Å². The minimum absolute atomic E-state index is 0.121. The maximum absolute atomic E-state index is 12.5. The molecule has 0 aliphatic heterocycles. The van der Waals surface area contributed by atoms with Crippen LogP contribution in [0, 0.1) is 6.92 Å². The summed E-state index contributed by atoms with van der Waals surface area (Å²) in [4.78, 5) is 16.8. The molecule has 0 atom stereocenters. The second kappa shape index (κ2) is 4.08. The van der Waals surface area contributed by atoms with Gasteiger partial charge in [-0.3, -0.25) is 15.0 Å². The molecular formula is C13H15N5O. The van der Waals surface area contributed by atoms with Gasteiger partial charge < -0.3 is 0 Å². The molecule has 0 unspecified atom stereocenters. The number of aromatic nitrogens is 5. The smallest absolute Gasteiger partial charge is 0.282 e. The topological polar surface area (TPSA) is 78.8 Å². The Balaban J connectivity index is 2.32. The molecule has 0 aromatic carbocycles. The molecule has 0 spiro atoms. The van der Waals surface area contributed by atoms with Crippen molar-refractivity contribution >= 4 is 5.65 Å². The quantitative estimate of drug-likeness (QED) is 0.735. The Bertz CT molecular complexity index is 779. The summed E-state index contributed by atoms with van der Waals surface area (Å²) in [6.45, 7) is 6.14. The summed E-state index contributed by atoms with van der Waals surface area (Å²) >= 11 is 0. The Morgan fingerprint density at radius 3 is 2.79 bits per heavy atom. The predicted molar refractivity (Wildman–Crippen MR) is 72.2 cm³/mol. The van der Waals surface area contributed by atoms with Gasteiger partial charge in [0.1, 0.15) is 0 Å². The van der Waals surface area contributed by atoms with E-state index >= 15 is 0 Å². The normalized spacial score (nSPS) is 11.6. The summed E-state index contributed by atoms with van der Waals surface area (Å²) in [7, 11) is 0. The number of nitrogens with one attached hydrogen (secondary N) is 2. The summed E-state index contributed by atoms with van der Waals surface area (Å²) in [6, 6.07) is 1.75. The van der Waals surface area contributed by atoms with Crippen molar-refractivity contribution in [1.29, 1.82) is 0 Å². The first-order valence-corrected chi connectivity index (χ1v) is 6.19. The van der Waals surface area contributed by atoms with Gasteiger partial charge in [-0.1, -0.05) is 13.8 Å². The van der Waals surface area contributed by atoms with Crippen molar-refractivity contribution in [3.63, 3.8) is 0 Å². The average molecular weight is 257 g/mol. The summed E-state index contributed by atoms with van der Waals surface area (Å²) in [5.74, 6) is 0.316. The van der Waals surface area contributed by atoms with Crippen LogP contribution >= 0.6 is 0 Å². The van der Waals surface area contributed by atoms with Crippen LogP contribution in [-0.4, -0.2) is 24.8 Å². The first-order valence-electron chi connectivity index (χ1n) is 6.19. The number of nitrogens with zero attached hydrogens (tertiary/aromatic N) is 3. The minimum atomic E-state index is -0.121. The second-order valence-electron chi connectivity index (χ2n) is 4.91. The van der Waals surface area contributed by atoms with Gasteiger partial charge in [-0.25, -0.2) is 9.50 Å². The fourth-order valence-electron chi connectivity index (χ4n) is 2.30. The van der Waals surface area contributed by atoms with E-state index in [2.05, 4.69) is 34.1 Å². The molecule has 0 aliphatic carbocycles. The van der Waals surface area contributed by atoms with Gasteiger partial charge >= 0.3 is 0 Å².